The van der Waals surface area contributed by atoms with E-state index in [2.05, 4.69) is 88.2 Å². The molecule has 0 radical (unpaired) electrons. The molecule has 0 fully saturated rings. The van der Waals surface area contributed by atoms with Crippen LogP contribution in [0.2, 0.25) is 0 Å². The quantitative estimate of drug-likeness (QED) is 0.457. The van der Waals surface area contributed by atoms with Crippen LogP contribution >= 0.6 is 0 Å². The fourth-order valence-corrected chi connectivity index (χ4v) is 3.53. The number of hydrogen-bond donors (Lipinski definition) is 0. The summed E-state index contributed by atoms with van der Waals surface area (Å²) in [5, 5.41) is 0. The second-order valence-electron chi connectivity index (χ2n) is 8.24. The van der Waals surface area contributed by atoms with Crippen molar-refractivity contribution >= 4 is 35.7 Å². The normalized spacial score (nSPS) is 11.2. The molecule has 0 aliphatic carbocycles. The van der Waals surface area contributed by atoms with Crippen LogP contribution in [-0.4, -0.2) is 42.4 Å². The highest BCUT2D eigenvalue weighted by Gasteiger charge is 2.10. The Morgan fingerprint density at radius 2 is 1.06 bits per heavy atom. The van der Waals surface area contributed by atoms with Crippen LogP contribution in [0.3, 0.4) is 0 Å². The summed E-state index contributed by atoms with van der Waals surface area (Å²) in [6.07, 6.45) is 8.39. The van der Waals surface area contributed by atoms with Crippen LogP contribution in [0.15, 0.2) is 54.6 Å². The van der Waals surface area contributed by atoms with Gasteiger partial charge >= 0.3 is 0 Å². The van der Waals surface area contributed by atoms with E-state index >= 15 is 0 Å². The number of ether oxygens (including phenoxy) is 2. The van der Waals surface area contributed by atoms with Gasteiger partial charge in [0.1, 0.15) is 18.5 Å². The first-order chi connectivity index (χ1) is 15.8. The van der Waals surface area contributed by atoms with Crippen LogP contribution in [0.4, 0.5) is 11.4 Å². The molecule has 1 aromatic heterocycles. The third-order valence-electron chi connectivity index (χ3n) is 5.64. The molecule has 0 aliphatic heterocycles. The first kappa shape index (κ1) is 23.9. The molecule has 0 saturated carbocycles. The molecule has 5 nitrogen and oxygen atoms in total. The minimum Gasteiger partial charge on any atom is -0.496 e. The lowest BCUT2D eigenvalue weighted by Gasteiger charge is -2.14. The highest BCUT2D eigenvalue weighted by Crippen LogP contribution is 2.27. The number of pyridine rings is 1. The van der Waals surface area contributed by atoms with E-state index in [0.717, 1.165) is 45.4 Å². The van der Waals surface area contributed by atoms with Gasteiger partial charge in [-0.25, -0.2) is 0 Å². The van der Waals surface area contributed by atoms with E-state index in [-0.39, 0.29) is 0 Å². The standard InChI is InChI=1S/C28H34N3O2/c1-29(2)25-17-13-21(27(19-25)32-6)11-15-23-9-8-10-24(31(23)5)16-12-22-14-18-26(30(3)4)20-28(22)33-7/h8-20H,1-7H3/q+1. The van der Waals surface area contributed by atoms with Gasteiger partial charge in [-0.15, -0.1) is 0 Å². The van der Waals surface area contributed by atoms with Crippen molar-refractivity contribution in [1.82, 2.24) is 0 Å². The summed E-state index contributed by atoms with van der Waals surface area (Å²) in [4.78, 5) is 4.13. The van der Waals surface area contributed by atoms with Gasteiger partial charge in [-0.2, -0.15) is 4.57 Å². The lowest BCUT2D eigenvalue weighted by atomic mass is 10.1. The van der Waals surface area contributed by atoms with Crippen LogP contribution < -0.4 is 23.8 Å². The molecule has 1 heterocycles. The van der Waals surface area contributed by atoms with E-state index in [1.165, 1.54) is 0 Å². The molecule has 0 spiro atoms. The second-order valence-corrected chi connectivity index (χ2v) is 8.24. The van der Waals surface area contributed by atoms with Crippen molar-refractivity contribution in [3.63, 3.8) is 0 Å². The van der Waals surface area contributed by atoms with E-state index in [4.69, 9.17) is 9.47 Å². The molecule has 2 aromatic carbocycles. The highest BCUT2D eigenvalue weighted by molar-refractivity contribution is 5.74. The number of hydrogen-bond acceptors (Lipinski definition) is 4. The maximum Gasteiger partial charge on any atom is 0.205 e. The zero-order valence-electron chi connectivity index (χ0n) is 20.7. The first-order valence-electron chi connectivity index (χ1n) is 10.9. The molecule has 3 rings (SSSR count). The van der Waals surface area contributed by atoms with Crippen molar-refractivity contribution in [3.8, 4) is 11.5 Å². The molecule has 3 aromatic rings. The molecular formula is C28H34N3O2+. The van der Waals surface area contributed by atoms with Gasteiger partial charge in [0.25, 0.3) is 0 Å². The molecule has 0 saturated heterocycles. The number of methoxy groups -OCH3 is 2. The van der Waals surface area contributed by atoms with Gasteiger partial charge < -0.3 is 19.3 Å². The van der Waals surface area contributed by atoms with E-state index in [1.807, 2.05) is 40.3 Å². The number of benzene rings is 2. The van der Waals surface area contributed by atoms with Gasteiger partial charge in [0.2, 0.25) is 11.4 Å². The van der Waals surface area contributed by atoms with Crippen molar-refractivity contribution in [2.45, 2.75) is 0 Å². The van der Waals surface area contributed by atoms with Crippen LogP contribution in [0.25, 0.3) is 24.3 Å². The minimum atomic E-state index is 0.851. The SMILES string of the molecule is COc1cc(N(C)C)ccc1/C=C/c1cccc(/C=C/c2ccc(N(C)C)cc2OC)[n+]1C. The lowest BCUT2D eigenvalue weighted by Crippen LogP contribution is -2.35. The zero-order chi connectivity index (χ0) is 24.0. The van der Waals surface area contributed by atoms with Crippen LogP contribution in [0.5, 0.6) is 11.5 Å². The molecule has 0 aliphatic rings. The van der Waals surface area contributed by atoms with Gasteiger partial charge in [-0.05, 0) is 42.5 Å². The Balaban J connectivity index is 1.87. The Bertz CT molecular complexity index is 1080. The lowest BCUT2D eigenvalue weighted by molar-refractivity contribution is -0.675. The average molecular weight is 445 g/mol. The molecule has 33 heavy (non-hydrogen) atoms. The summed E-state index contributed by atoms with van der Waals surface area (Å²) in [7, 11) is 13.6. The van der Waals surface area contributed by atoms with Gasteiger partial charge in [0, 0.05) is 87.1 Å². The monoisotopic (exact) mass is 444 g/mol. The Kier molecular flexibility index (Phi) is 7.78. The number of rotatable bonds is 8. The summed E-state index contributed by atoms with van der Waals surface area (Å²) < 4.78 is 13.4. The smallest absolute Gasteiger partial charge is 0.205 e. The van der Waals surface area contributed by atoms with E-state index in [1.54, 1.807) is 14.2 Å². The molecule has 172 valence electrons. The van der Waals surface area contributed by atoms with Gasteiger partial charge in [0.15, 0.2) is 0 Å². The van der Waals surface area contributed by atoms with E-state index in [0.29, 0.717) is 0 Å². The average Bonchev–Trinajstić information content (AvgIpc) is 2.82. The fraction of sp³-hybridized carbons (Fsp3) is 0.250. The Labute approximate surface area is 197 Å². The number of aromatic nitrogens is 1. The van der Waals surface area contributed by atoms with Crippen LogP contribution in [0.1, 0.15) is 22.5 Å². The van der Waals surface area contributed by atoms with Crippen LogP contribution in [0, 0.1) is 0 Å². The molecule has 0 atom stereocenters. The van der Waals surface area contributed by atoms with Gasteiger partial charge in [-0.1, -0.05) is 0 Å². The Morgan fingerprint density at radius 1 is 0.636 bits per heavy atom. The first-order valence-corrected chi connectivity index (χ1v) is 10.9. The van der Waals surface area contributed by atoms with Crippen molar-refractivity contribution in [3.05, 3.63) is 77.1 Å². The topological polar surface area (TPSA) is 28.8 Å². The maximum atomic E-state index is 5.60. The summed E-state index contributed by atoms with van der Waals surface area (Å²) in [5.41, 5.74) is 6.47. The van der Waals surface area contributed by atoms with E-state index in [9.17, 15) is 0 Å². The minimum absolute atomic E-state index is 0.851. The van der Waals surface area contributed by atoms with Crippen LogP contribution in [-0.2, 0) is 7.05 Å². The predicted molar refractivity (Wildman–Crippen MR) is 140 cm³/mol. The molecule has 0 amide bonds. The largest absolute Gasteiger partial charge is 0.496 e. The van der Waals surface area contributed by atoms with Gasteiger partial charge in [0.05, 0.1) is 14.2 Å². The molecule has 0 unspecified atom stereocenters. The van der Waals surface area contributed by atoms with Gasteiger partial charge in [-0.3, -0.25) is 0 Å². The second kappa shape index (κ2) is 10.7. The molecule has 0 bridgehead atoms. The van der Waals surface area contributed by atoms with Crippen molar-refractivity contribution in [2.24, 2.45) is 7.05 Å². The van der Waals surface area contributed by atoms with Crippen molar-refractivity contribution in [1.29, 1.82) is 0 Å². The fourth-order valence-electron chi connectivity index (χ4n) is 3.53. The predicted octanol–water partition coefficient (Wildman–Crippen LogP) is 5.00. The highest BCUT2D eigenvalue weighted by atomic mass is 16.5. The summed E-state index contributed by atoms with van der Waals surface area (Å²) in [5.74, 6) is 1.70. The molecule has 5 heteroatoms. The van der Waals surface area contributed by atoms with Crippen molar-refractivity contribution in [2.75, 3.05) is 52.2 Å². The van der Waals surface area contributed by atoms with E-state index < -0.39 is 0 Å². The number of nitrogens with zero attached hydrogens (tertiary/aromatic N) is 3. The Hall–Kier alpha value is -3.73. The third-order valence-corrected chi connectivity index (χ3v) is 5.64. The molecule has 0 N–H and O–H groups in total. The van der Waals surface area contributed by atoms with Crippen molar-refractivity contribution < 1.29 is 14.0 Å². The summed E-state index contributed by atoms with van der Waals surface area (Å²) in [6.45, 7) is 0. The summed E-state index contributed by atoms with van der Waals surface area (Å²) in [6, 6.07) is 18.7. The Morgan fingerprint density at radius 3 is 1.42 bits per heavy atom. The third kappa shape index (κ3) is 5.75. The number of anilines is 2. The zero-order valence-corrected chi connectivity index (χ0v) is 20.7. The maximum absolute atomic E-state index is 5.60. The summed E-state index contributed by atoms with van der Waals surface area (Å²) >= 11 is 0. The molecular weight excluding hydrogens is 410 g/mol.